The molecular formula is C13H17NO5. The van der Waals surface area contributed by atoms with Crippen LogP contribution in [0.15, 0.2) is 12.1 Å². The number of phenolic OH excluding ortho intramolecular Hbond substituents is 1. The van der Waals surface area contributed by atoms with Crippen LogP contribution in [0.2, 0.25) is 0 Å². The second-order valence-corrected chi connectivity index (χ2v) is 4.86. The first-order chi connectivity index (χ1) is 8.76. The van der Waals surface area contributed by atoms with E-state index in [0.29, 0.717) is 6.29 Å². The number of anilines is 1. The molecule has 0 bridgehead atoms. The van der Waals surface area contributed by atoms with Crippen molar-refractivity contribution in [1.29, 1.82) is 0 Å². The van der Waals surface area contributed by atoms with Gasteiger partial charge in [0, 0.05) is 11.6 Å². The number of rotatable bonds is 3. The van der Waals surface area contributed by atoms with E-state index in [1.54, 1.807) is 20.8 Å². The third-order valence-electron chi connectivity index (χ3n) is 2.11. The Hall–Kier alpha value is -2.24. The molecule has 0 radical (unpaired) electrons. The number of ether oxygens (including phenoxy) is 2. The van der Waals surface area contributed by atoms with Gasteiger partial charge in [-0.15, -0.1) is 0 Å². The maximum Gasteiger partial charge on any atom is 0.412 e. The lowest BCUT2D eigenvalue weighted by atomic mass is 10.1. The van der Waals surface area contributed by atoms with Crippen molar-refractivity contribution in [2.45, 2.75) is 26.4 Å². The number of carbonyl (C=O) groups excluding carboxylic acids is 2. The highest BCUT2D eigenvalue weighted by molar-refractivity contribution is 5.94. The van der Waals surface area contributed by atoms with E-state index in [0.717, 1.165) is 0 Å². The number of hydrogen-bond acceptors (Lipinski definition) is 5. The van der Waals surface area contributed by atoms with E-state index in [9.17, 15) is 14.7 Å². The second kappa shape index (κ2) is 5.60. The molecule has 1 aromatic carbocycles. The fourth-order valence-corrected chi connectivity index (χ4v) is 1.37. The topological polar surface area (TPSA) is 84.9 Å². The van der Waals surface area contributed by atoms with E-state index in [1.807, 2.05) is 0 Å². The zero-order chi connectivity index (χ0) is 14.6. The number of aldehydes is 1. The Kier molecular flexibility index (Phi) is 4.37. The van der Waals surface area contributed by atoms with Crippen LogP contribution in [0.3, 0.4) is 0 Å². The Labute approximate surface area is 111 Å². The molecule has 1 aromatic rings. The third kappa shape index (κ3) is 4.17. The molecule has 6 heteroatoms. The number of amides is 1. The van der Waals surface area contributed by atoms with Crippen LogP contribution >= 0.6 is 0 Å². The molecular weight excluding hydrogens is 250 g/mol. The predicted molar refractivity (Wildman–Crippen MR) is 69.9 cm³/mol. The molecule has 19 heavy (non-hydrogen) atoms. The van der Waals surface area contributed by atoms with Crippen molar-refractivity contribution >= 4 is 18.1 Å². The third-order valence-corrected chi connectivity index (χ3v) is 2.11. The monoisotopic (exact) mass is 267 g/mol. The van der Waals surface area contributed by atoms with Gasteiger partial charge in [0.15, 0.2) is 17.8 Å². The zero-order valence-corrected chi connectivity index (χ0v) is 11.3. The van der Waals surface area contributed by atoms with Crippen molar-refractivity contribution < 1.29 is 24.2 Å². The molecule has 0 aliphatic carbocycles. The number of carbonyl (C=O) groups is 2. The Morgan fingerprint density at radius 3 is 2.47 bits per heavy atom. The Morgan fingerprint density at radius 1 is 1.37 bits per heavy atom. The van der Waals surface area contributed by atoms with Gasteiger partial charge in [0.05, 0.1) is 12.8 Å². The van der Waals surface area contributed by atoms with Gasteiger partial charge in [-0.3, -0.25) is 10.1 Å². The van der Waals surface area contributed by atoms with Crippen LogP contribution in [-0.2, 0) is 4.74 Å². The molecule has 0 atom stereocenters. The summed E-state index contributed by atoms with van der Waals surface area (Å²) in [6.45, 7) is 5.18. The lowest BCUT2D eigenvalue weighted by Gasteiger charge is -2.20. The van der Waals surface area contributed by atoms with Gasteiger partial charge in [-0.25, -0.2) is 4.79 Å². The molecule has 6 nitrogen and oxygen atoms in total. The Morgan fingerprint density at radius 2 is 2.00 bits per heavy atom. The molecule has 1 amide bonds. The van der Waals surface area contributed by atoms with E-state index in [4.69, 9.17) is 9.47 Å². The minimum absolute atomic E-state index is 0.129. The molecule has 0 unspecified atom stereocenters. The summed E-state index contributed by atoms with van der Waals surface area (Å²) in [7, 11) is 1.37. The van der Waals surface area contributed by atoms with Crippen LogP contribution in [0.4, 0.5) is 10.5 Å². The van der Waals surface area contributed by atoms with E-state index in [2.05, 4.69) is 5.32 Å². The molecule has 0 saturated carbocycles. The van der Waals surface area contributed by atoms with E-state index in [1.165, 1.54) is 19.2 Å². The number of benzene rings is 1. The summed E-state index contributed by atoms with van der Waals surface area (Å²) < 4.78 is 9.99. The van der Waals surface area contributed by atoms with Gasteiger partial charge in [-0.1, -0.05) is 0 Å². The van der Waals surface area contributed by atoms with Gasteiger partial charge in [-0.2, -0.15) is 0 Å². The van der Waals surface area contributed by atoms with Crippen LogP contribution in [0, 0.1) is 0 Å². The molecule has 1 rings (SSSR count). The van der Waals surface area contributed by atoms with Crippen molar-refractivity contribution in [3.8, 4) is 11.5 Å². The highest BCUT2D eigenvalue weighted by Crippen LogP contribution is 2.31. The van der Waals surface area contributed by atoms with Crippen LogP contribution in [-0.4, -0.2) is 30.2 Å². The lowest BCUT2D eigenvalue weighted by Crippen LogP contribution is -2.27. The minimum atomic E-state index is -0.691. The summed E-state index contributed by atoms with van der Waals surface area (Å²) in [5, 5.41) is 12.0. The lowest BCUT2D eigenvalue weighted by molar-refractivity contribution is 0.0636. The van der Waals surface area contributed by atoms with Crippen molar-refractivity contribution in [2.75, 3.05) is 12.4 Å². The number of methoxy groups -OCH3 is 1. The van der Waals surface area contributed by atoms with E-state index in [-0.39, 0.29) is 22.7 Å². The van der Waals surface area contributed by atoms with E-state index >= 15 is 0 Å². The van der Waals surface area contributed by atoms with Crippen molar-refractivity contribution in [2.24, 2.45) is 0 Å². The van der Waals surface area contributed by atoms with Gasteiger partial charge in [0.25, 0.3) is 0 Å². The second-order valence-electron chi connectivity index (χ2n) is 4.86. The molecule has 0 aliphatic heterocycles. The average Bonchev–Trinajstić information content (AvgIpc) is 2.28. The molecule has 0 fully saturated rings. The molecule has 0 saturated heterocycles. The quantitative estimate of drug-likeness (QED) is 0.649. The first-order valence-electron chi connectivity index (χ1n) is 5.63. The average molecular weight is 267 g/mol. The van der Waals surface area contributed by atoms with Crippen molar-refractivity contribution in [3.05, 3.63) is 17.7 Å². The number of hydrogen-bond donors (Lipinski definition) is 2. The first kappa shape index (κ1) is 14.8. The van der Waals surface area contributed by atoms with Crippen LogP contribution in [0.5, 0.6) is 11.5 Å². The summed E-state index contributed by atoms with van der Waals surface area (Å²) in [6.07, 6.45) is -0.172. The molecule has 104 valence electrons. The predicted octanol–water partition coefficient (Wildman–Crippen LogP) is 2.56. The highest BCUT2D eigenvalue weighted by Gasteiger charge is 2.18. The molecule has 0 aromatic heterocycles. The van der Waals surface area contributed by atoms with Crippen LogP contribution < -0.4 is 10.1 Å². The standard InChI is InChI=1S/C13H17NO5/c1-13(2,3)19-12(17)14-9-6-11(18-4)10(16)5-8(9)7-15/h5-7,16H,1-4H3,(H,14,17). The van der Waals surface area contributed by atoms with Crippen LogP contribution in [0.25, 0.3) is 0 Å². The van der Waals surface area contributed by atoms with Crippen LogP contribution in [0.1, 0.15) is 31.1 Å². The fraction of sp³-hybridized carbons (Fsp3) is 0.385. The maximum atomic E-state index is 11.6. The Bertz CT molecular complexity index is 491. The van der Waals surface area contributed by atoms with Gasteiger partial charge < -0.3 is 14.6 Å². The molecule has 0 spiro atoms. The van der Waals surface area contributed by atoms with Gasteiger partial charge >= 0.3 is 6.09 Å². The van der Waals surface area contributed by atoms with Gasteiger partial charge in [0.2, 0.25) is 0 Å². The smallest absolute Gasteiger partial charge is 0.412 e. The SMILES string of the molecule is COc1cc(NC(=O)OC(C)(C)C)c(C=O)cc1O. The minimum Gasteiger partial charge on any atom is -0.504 e. The summed E-state index contributed by atoms with van der Waals surface area (Å²) in [5.41, 5.74) is -0.310. The van der Waals surface area contributed by atoms with E-state index < -0.39 is 11.7 Å². The summed E-state index contributed by atoms with van der Waals surface area (Å²) in [4.78, 5) is 22.5. The maximum absolute atomic E-state index is 11.6. The van der Waals surface area contributed by atoms with Gasteiger partial charge in [0.1, 0.15) is 5.60 Å². The largest absolute Gasteiger partial charge is 0.504 e. The highest BCUT2D eigenvalue weighted by atomic mass is 16.6. The van der Waals surface area contributed by atoms with Crippen molar-refractivity contribution in [3.63, 3.8) is 0 Å². The number of nitrogens with one attached hydrogen (secondary N) is 1. The molecule has 0 aliphatic rings. The normalized spacial score (nSPS) is 10.7. The molecule has 2 N–H and O–H groups in total. The zero-order valence-electron chi connectivity index (χ0n) is 11.3. The van der Waals surface area contributed by atoms with Crippen molar-refractivity contribution in [1.82, 2.24) is 0 Å². The Balaban J connectivity index is 2.99. The molecule has 0 heterocycles. The summed E-state index contributed by atoms with van der Waals surface area (Å²) in [5.74, 6) is -0.0315. The number of phenols is 1. The summed E-state index contributed by atoms with van der Waals surface area (Å²) >= 11 is 0. The number of aromatic hydroxyl groups is 1. The first-order valence-corrected chi connectivity index (χ1v) is 5.63. The van der Waals surface area contributed by atoms with Gasteiger partial charge in [-0.05, 0) is 26.8 Å². The summed E-state index contributed by atoms with van der Waals surface area (Å²) in [6, 6.07) is 2.56. The fourth-order valence-electron chi connectivity index (χ4n) is 1.37.